The number of fused-ring (bicyclic) bond motifs is 2. The van der Waals surface area contributed by atoms with Gasteiger partial charge >= 0.3 is 6.09 Å². The molecular formula is C107H135N15O7. The summed E-state index contributed by atoms with van der Waals surface area (Å²) < 4.78 is 23.8. The molecule has 3 amide bonds. The first-order valence-corrected chi connectivity index (χ1v) is 45.2. The molecule has 1 atom stereocenters. The zero-order chi connectivity index (χ0) is 93.7. The van der Waals surface area contributed by atoms with Gasteiger partial charge in [-0.1, -0.05) is 262 Å². The van der Waals surface area contributed by atoms with Crippen LogP contribution >= 0.6 is 0 Å². The Hall–Kier alpha value is -13.2. The molecule has 1 fully saturated rings. The van der Waals surface area contributed by atoms with E-state index in [4.69, 9.17) is 29.0 Å². The quantitative estimate of drug-likeness (QED) is 0.0421. The molecule has 680 valence electrons. The van der Waals surface area contributed by atoms with Gasteiger partial charge in [-0.15, -0.1) is 20.4 Å². The molecule has 4 heterocycles. The molecule has 13 aromatic rings. The molecule has 0 spiro atoms. The molecule has 0 aliphatic heterocycles. The number of hydrogen-bond donors (Lipinski definition) is 5. The summed E-state index contributed by atoms with van der Waals surface area (Å²) in [5.41, 5.74) is 19.4. The molecule has 2 aliphatic rings. The molecule has 5 N–H and O–H groups in total. The summed E-state index contributed by atoms with van der Waals surface area (Å²) in [7, 11) is 0. The number of nitrogens with one attached hydrogen (secondary N) is 5. The van der Waals surface area contributed by atoms with Crippen molar-refractivity contribution in [3.63, 3.8) is 0 Å². The molecule has 1 saturated carbocycles. The Balaban J connectivity index is 0.000000183. The summed E-state index contributed by atoms with van der Waals surface area (Å²) in [6, 6.07) is 75.6. The lowest BCUT2D eigenvalue weighted by Crippen LogP contribution is -2.27. The van der Waals surface area contributed by atoms with Crippen molar-refractivity contribution in [3.8, 4) is 51.7 Å². The number of oxazole rings is 1. The van der Waals surface area contributed by atoms with Crippen LogP contribution in [-0.4, -0.2) is 85.6 Å². The lowest BCUT2D eigenvalue weighted by atomic mass is 9.86. The van der Waals surface area contributed by atoms with Crippen LogP contribution in [0.15, 0.2) is 241 Å². The number of nitriles is 1. The van der Waals surface area contributed by atoms with Gasteiger partial charge in [-0.25, -0.2) is 9.78 Å². The van der Waals surface area contributed by atoms with Crippen LogP contribution in [0.2, 0.25) is 0 Å². The number of rotatable bonds is 22. The normalized spacial score (nSPS) is 12.5. The van der Waals surface area contributed by atoms with Crippen LogP contribution in [-0.2, 0) is 27.4 Å². The number of amides is 3. The van der Waals surface area contributed by atoms with Gasteiger partial charge in [0.2, 0.25) is 23.5 Å². The van der Waals surface area contributed by atoms with Gasteiger partial charge < -0.3 is 29.3 Å². The highest BCUT2D eigenvalue weighted by molar-refractivity contribution is 5.93. The van der Waals surface area contributed by atoms with E-state index in [0.29, 0.717) is 71.9 Å². The Morgan fingerprint density at radius 2 is 1.06 bits per heavy atom. The molecule has 129 heavy (non-hydrogen) atoms. The number of nitrogens with zero attached hydrogens (tertiary/aromatic N) is 10. The molecule has 0 bridgehead atoms. The van der Waals surface area contributed by atoms with Crippen molar-refractivity contribution >= 4 is 51.4 Å². The van der Waals surface area contributed by atoms with Gasteiger partial charge in [0.05, 0.1) is 42.0 Å². The first-order valence-electron chi connectivity index (χ1n) is 45.2. The lowest BCUT2D eigenvalue weighted by molar-refractivity contribution is -0.119. The monoisotopic (exact) mass is 1740 g/mol. The van der Waals surface area contributed by atoms with Crippen LogP contribution in [0, 0.1) is 29.1 Å². The number of aromatic amines is 2. The topological polar surface area (TPSA) is 292 Å². The van der Waals surface area contributed by atoms with Gasteiger partial charge in [-0.3, -0.25) is 19.6 Å². The third-order valence-corrected chi connectivity index (χ3v) is 20.7. The van der Waals surface area contributed by atoms with E-state index in [9.17, 15) is 14.4 Å². The van der Waals surface area contributed by atoms with Gasteiger partial charge in [0, 0.05) is 63.0 Å². The number of tetrazole rings is 2. The van der Waals surface area contributed by atoms with Crippen molar-refractivity contribution in [3.05, 3.63) is 287 Å². The fourth-order valence-corrected chi connectivity index (χ4v) is 13.3. The number of hydrogen-bond acceptors (Lipinski definition) is 16. The molecule has 0 unspecified atom stereocenters. The van der Waals surface area contributed by atoms with E-state index in [1.165, 1.54) is 99.6 Å². The summed E-state index contributed by atoms with van der Waals surface area (Å²) in [5, 5.41) is 51.1. The maximum atomic E-state index is 11.6. The van der Waals surface area contributed by atoms with Gasteiger partial charge in [0.25, 0.3) is 0 Å². The van der Waals surface area contributed by atoms with E-state index in [2.05, 4.69) is 266 Å². The van der Waals surface area contributed by atoms with Gasteiger partial charge in [-0.2, -0.15) is 20.8 Å². The highest BCUT2D eigenvalue weighted by atomic mass is 16.6. The predicted octanol–water partition coefficient (Wildman–Crippen LogP) is 27.1. The number of aryl methyl sites for hydroxylation is 1. The number of carbonyl (C=O) groups excluding carboxylic acids is 3. The van der Waals surface area contributed by atoms with Crippen molar-refractivity contribution in [2.75, 3.05) is 16.0 Å². The fraction of sp³-hybridized carbons (Fsp3) is 0.383. The zero-order valence-corrected chi connectivity index (χ0v) is 79.6. The number of aromatic nitrogens is 11. The summed E-state index contributed by atoms with van der Waals surface area (Å²) in [6.07, 6.45) is 12.0. The molecule has 22 heteroatoms. The van der Waals surface area contributed by atoms with E-state index in [1.807, 2.05) is 184 Å². The zero-order valence-electron chi connectivity index (χ0n) is 79.6. The molecule has 0 radical (unpaired) electrons. The number of carbonyl (C=O) groups is 3. The van der Waals surface area contributed by atoms with Crippen LogP contribution in [0.4, 0.5) is 21.9 Å². The minimum Gasteiger partial charge on any atom is -0.491 e. The summed E-state index contributed by atoms with van der Waals surface area (Å²) in [6.45, 7) is 45.9. The van der Waals surface area contributed by atoms with Crippen LogP contribution < -0.4 is 25.4 Å². The highest BCUT2D eigenvalue weighted by Crippen LogP contribution is 2.44. The molecular weight excluding hydrogens is 1610 g/mol. The van der Waals surface area contributed by atoms with Gasteiger partial charge in [-0.05, 0) is 236 Å². The third kappa shape index (κ3) is 34.5. The second kappa shape index (κ2) is 51.0. The number of anilines is 3. The largest absolute Gasteiger partial charge is 0.491 e. The van der Waals surface area contributed by atoms with Crippen LogP contribution in [0.1, 0.15) is 276 Å². The molecule has 2 aliphatic carbocycles. The lowest BCUT2D eigenvalue weighted by Gasteiger charge is -2.20. The fourth-order valence-electron chi connectivity index (χ4n) is 13.3. The minimum absolute atomic E-state index is 0.000259. The first-order chi connectivity index (χ1) is 61.6. The number of H-pyrrole nitrogens is 2. The maximum Gasteiger partial charge on any atom is 0.412 e. The summed E-state index contributed by atoms with van der Waals surface area (Å²) in [4.78, 5) is 38.5. The minimum atomic E-state index is -0.472. The molecule has 9 aromatic carbocycles. The average Bonchev–Trinajstić information content (AvgIpc) is 1.61. The van der Waals surface area contributed by atoms with E-state index in [0.717, 1.165) is 45.3 Å². The molecule has 0 saturated heterocycles. The Morgan fingerprint density at radius 3 is 1.62 bits per heavy atom. The Kier molecular flexibility index (Phi) is 40.0. The standard InChI is InChI=1S/C17H21N3.C16H18O.C14H21NO2.C14H18.C13H14N2O2.C13H19NO2.2C10H12N4/c1-11(2)14-6-7-16-15(10-14)17(13-4-5-13)19-20(16)12(3)8-9-18;1-13(2)15-9-6-10-16(11-15)17-12-14-7-4-3-5-8-14;1-10(2)11-7-6-8-12(9-11)15-13(16)17-14(3,4)5;1-11(2)10-13-8-5-7-12-6-3-4-9-14(12)13;1-9(2)13(16)15-11-5-3-4-10(6-11)12-7-14-8-17-12;1-9(2)13(15)14-11-6-5-7-12(8-11)16-10(3)4;1-7(2)8-3-5-9(6-4-8)10-11-13-14-12-10;1-7(2)8-4-3-5-9(6-8)10-11-13-14-12-10/h6-7,10-13H,4-5,8H2,1-3H3;3-11,13H,12H2,1-2H3;6-10H,1-5H3,(H,15,16);3-4,6,9-11H,5,7-8H2,1-2H3;3-9H,1-2H3,(H,15,16);5-10H,1-4H3,(H,14,15);2*3-7H,1-2H3,(H,11,12,13,14)/b;;;13-10+;;;;/t12-;;;;;;;/m1......./s1. The second-order valence-electron chi connectivity index (χ2n) is 36.1. The predicted molar refractivity (Wildman–Crippen MR) is 523 cm³/mol. The SMILES string of the molecule is CC(C)/C=C1\CCCc2ccccc21.CC(C)C(=O)Nc1cccc(-c2cnco2)c1.CC(C)Oc1cccc(NC(=O)C(C)C)c1.CC(C)c1ccc(-c2nn[nH]n2)cc1.CC(C)c1ccc2c(c1)c(C1CC1)nn2[C@H](C)CC#N.CC(C)c1cccc(-c2nn[nH]n2)c1.CC(C)c1cccc(NC(=O)OC(C)(C)C)c1.CC(C)c1cccc(OCc2ccccc2)c1. The summed E-state index contributed by atoms with van der Waals surface area (Å²) >= 11 is 0. The van der Waals surface area contributed by atoms with E-state index in [1.54, 1.807) is 11.8 Å². The number of ether oxygens (including phenoxy) is 3. The van der Waals surface area contributed by atoms with Crippen LogP contribution in [0.25, 0.3) is 50.6 Å². The van der Waals surface area contributed by atoms with Crippen molar-refractivity contribution in [2.24, 2.45) is 17.8 Å². The van der Waals surface area contributed by atoms with Crippen molar-refractivity contribution in [2.45, 2.75) is 251 Å². The van der Waals surface area contributed by atoms with E-state index < -0.39 is 11.7 Å². The molecule has 4 aromatic heterocycles. The van der Waals surface area contributed by atoms with Crippen molar-refractivity contribution in [1.82, 2.24) is 56.0 Å². The van der Waals surface area contributed by atoms with Crippen LogP contribution in [0.3, 0.4) is 0 Å². The van der Waals surface area contributed by atoms with Crippen molar-refractivity contribution in [1.29, 1.82) is 5.26 Å². The first kappa shape index (κ1) is 101. The number of benzene rings is 9. The van der Waals surface area contributed by atoms with Gasteiger partial charge in [0.15, 0.2) is 12.2 Å². The third-order valence-electron chi connectivity index (χ3n) is 20.7. The van der Waals surface area contributed by atoms with E-state index in [-0.39, 0.29) is 35.8 Å². The smallest absolute Gasteiger partial charge is 0.412 e. The summed E-state index contributed by atoms with van der Waals surface area (Å²) in [5.74, 6) is 7.52. The Bertz CT molecular complexity index is 5600. The Morgan fingerprint density at radius 1 is 0.535 bits per heavy atom. The maximum absolute atomic E-state index is 11.6. The molecule has 15 rings (SSSR count). The highest BCUT2D eigenvalue weighted by Gasteiger charge is 2.30. The second-order valence-corrected chi connectivity index (χ2v) is 36.1. The Labute approximate surface area is 764 Å². The molecule has 22 nitrogen and oxygen atoms in total. The van der Waals surface area contributed by atoms with Crippen molar-refractivity contribution < 1.29 is 33.0 Å². The number of allylic oxidation sites excluding steroid dienone is 2. The van der Waals surface area contributed by atoms with Gasteiger partial charge in [0.1, 0.15) is 23.7 Å². The van der Waals surface area contributed by atoms with Crippen LogP contribution in [0.5, 0.6) is 11.5 Å². The van der Waals surface area contributed by atoms with E-state index >= 15 is 0 Å². The average molecular weight is 1740 g/mol.